The molecule has 1 saturated heterocycles. The number of rotatable bonds is 2. The van der Waals surface area contributed by atoms with Gasteiger partial charge in [-0.25, -0.2) is 0 Å². The Kier molecular flexibility index (Phi) is 3.70. The number of morpholine rings is 1. The average molecular weight is 301 g/mol. The Morgan fingerprint density at radius 3 is 2.91 bits per heavy atom. The van der Waals surface area contributed by atoms with Crippen molar-refractivity contribution in [1.29, 1.82) is 0 Å². The molecule has 1 aliphatic heterocycles. The lowest BCUT2D eigenvalue weighted by molar-refractivity contribution is -0.147. The van der Waals surface area contributed by atoms with Crippen molar-refractivity contribution >= 4 is 16.8 Å². The Morgan fingerprint density at radius 2 is 2.14 bits per heavy atom. The minimum atomic E-state index is -0.329. The Hall–Kier alpha value is -2.21. The van der Waals surface area contributed by atoms with Crippen LogP contribution in [0.25, 0.3) is 10.9 Å². The summed E-state index contributed by atoms with van der Waals surface area (Å²) in [5.41, 5.74) is 0.213. The van der Waals surface area contributed by atoms with Crippen molar-refractivity contribution in [2.75, 3.05) is 19.8 Å². The lowest BCUT2D eigenvalue weighted by Crippen LogP contribution is -2.56. The lowest BCUT2D eigenvalue weighted by Gasteiger charge is -2.42. The Labute approximate surface area is 128 Å². The number of fused-ring (bicyclic) bond motifs is 1. The highest BCUT2D eigenvalue weighted by molar-refractivity contribution is 5.82. The maximum atomic E-state index is 12.6. The van der Waals surface area contributed by atoms with Crippen LogP contribution in [-0.4, -0.2) is 45.9 Å². The third-order valence-corrected chi connectivity index (χ3v) is 3.99. The zero-order valence-electron chi connectivity index (χ0n) is 12.8. The second kappa shape index (κ2) is 5.53. The van der Waals surface area contributed by atoms with Crippen molar-refractivity contribution in [3.8, 4) is 0 Å². The topological polar surface area (TPSA) is 64.4 Å². The maximum absolute atomic E-state index is 12.6. The van der Waals surface area contributed by atoms with Gasteiger partial charge in [0, 0.05) is 11.9 Å². The normalized spacial score (nSPS) is 17.6. The van der Waals surface area contributed by atoms with Crippen LogP contribution in [0.15, 0.2) is 35.3 Å². The van der Waals surface area contributed by atoms with Gasteiger partial charge in [-0.15, -0.1) is 0 Å². The SMILES string of the molecule is CC1(C)COCCN1C(=O)Cn1ncc(=O)c2ccccc21. The first-order chi connectivity index (χ1) is 10.5. The highest BCUT2D eigenvalue weighted by atomic mass is 16.5. The van der Waals surface area contributed by atoms with E-state index in [0.29, 0.717) is 30.7 Å². The van der Waals surface area contributed by atoms with Crippen LogP contribution in [0.3, 0.4) is 0 Å². The molecule has 1 amide bonds. The van der Waals surface area contributed by atoms with Gasteiger partial charge in [-0.2, -0.15) is 5.10 Å². The van der Waals surface area contributed by atoms with Crippen molar-refractivity contribution in [3.63, 3.8) is 0 Å². The monoisotopic (exact) mass is 301 g/mol. The smallest absolute Gasteiger partial charge is 0.244 e. The first-order valence-corrected chi connectivity index (χ1v) is 7.32. The molecule has 1 fully saturated rings. The van der Waals surface area contributed by atoms with E-state index in [-0.39, 0.29) is 23.4 Å². The fraction of sp³-hybridized carbons (Fsp3) is 0.438. The quantitative estimate of drug-likeness (QED) is 0.831. The summed E-state index contributed by atoms with van der Waals surface area (Å²) in [5.74, 6) is -0.0189. The maximum Gasteiger partial charge on any atom is 0.244 e. The molecule has 3 rings (SSSR count). The first kappa shape index (κ1) is 14.7. The summed E-state index contributed by atoms with van der Waals surface area (Å²) in [5, 5.41) is 4.69. The number of carbonyl (C=O) groups is 1. The summed E-state index contributed by atoms with van der Waals surface area (Å²) in [6, 6.07) is 7.20. The third-order valence-electron chi connectivity index (χ3n) is 3.99. The summed E-state index contributed by atoms with van der Waals surface area (Å²) in [6.45, 7) is 5.74. The fourth-order valence-corrected chi connectivity index (χ4v) is 2.82. The molecule has 0 radical (unpaired) electrons. The second-order valence-corrected chi connectivity index (χ2v) is 6.09. The third kappa shape index (κ3) is 2.62. The Morgan fingerprint density at radius 1 is 1.36 bits per heavy atom. The standard InChI is InChI=1S/C16H19N3O3/c1-16(2)11-22-8-7-18(16)15(21)10-19-13-6-4-3-5-12(13)14(20)9-17-19/h3-6,9H,7-8,10-11H2,1-2H3. The van der Waals surface area contributed by atoms with Gasteiger partial charge in [-0.1, -0.05) is 12.1 Å². The van der Waals surface area contributed by atoms with E-state index < -0.39 is 0 Å². The van der Waals surface area contributed by atoms with Gasteiger partial charge in [0.2, 0.25) is 11.3 Å². The van der Waals surface area contributed by atoms with E-state index in [1.165, 1.54) is 6.20 Å². The molecule has 0 aliphatic carbocycles. The van der Waals surface area contributed by atoms with Crippen molar-refractivity contribution in [1.82, 2.24) is 14.7 Å². The second-order valence-electron chi connectivity index (χ2n) is 6.09. The average Bonchev–Trinajstić information content (AvgIpc) is 2.50. The van der Waals surface area contributed by atoms with Crippen LogP contribution in [0.2, 0.25) is 0 Å². The zero-order chi connectivity index (χ0) is 15.7. The molecule has 0 N–H and O–H groups in total. The zero-order valence-corrected chi connectivity index (χ0v) is 12.8. The Balaban J connectivity index is 1.92. The van der Waals surface area contributed by atoms with Crippen LogP contribution in [0.5, 0.6) is 0 Å². The number of para-hydroxylation sites is 1. The minimum absolute atomic E-state index is 0.0189. The van der Waals surface area contributed by atoms with E-state index in [2.05, 4.69) is 5.10 Å². The molecular weight excluding hydrogens is 282 g/mol. The first-order valence-electron chi connectivity index (χ1n) is 7.32. The molecule has 1 aromatic carbocycles. The van der Waals surface area contributed by atoms with E-state index in [9.17, 15) is 9.59 Å². The number of ether oxygens (including phenoxy) is 1. The number of hydrogen-bond donors (Lipinski definition) is 0. The van der Waals surface area contributed by atoms with E-state index in [1.807, 2.05) is 30.9 Å². The molecule has 0 bridgehead atoms. The molecule has 1 aromatic heterocycles. The molecule has 0 spiro atoms. The van der Waals surface area contributed by atoms with Gasteiger partial charge >= 0.3 is 0 Å². The molecule has 0 saturated carbocycles. The van der Waals surface area contributed by atoms with Gasteiger partial charge in [0.25, 0.3) is 0 Å². The number of amides is 1. The lowest BCUT2D eigenvalue weighted by atomic mass is 10.0. The van der Waals surface area contributed by atoms with Gasteiger partial charge in [0.1, 0.15) is 6.54 Å². The van der Waals surface area contributed by atoms with Crippen LogP contribution in [0.4, 0.5) is 0 Å². The highest BCUT2D eigenvalue weighted by Gasteiger charge is 2.34. The van der Waals surface area contributed by atoms with Crippen LogP contribution in [0.1, 0.15) is 13.8 Å². The molecule has 2 heterocycles. The molecule has 0 unspecified atom stereocenters. The Bertz CT molecular complexity index is 767. The molecule has 116 valence electrons. The number of benzene rings is 1. The van der Waals surface area contributed by atoms with Crippen LogP contribution in [0, 0.1) is 0 Å². The fourth-order valence-electron chi connectivity index (χ4n) is 2.82. The predicted octanol–water partition coefficient (Wildman–Crippen LogP) is 1.03. The van der Waals surface area contributed by atoms with Crippen LogP contribution < -0.4 is 5.43 Å². The molecule has 2 aromatic rings. The van der Waals surface area contributed by atoms with Crippen molar-refractivity contribution in [2.45, 2.75) is 25.9 Å². The molecule has 22 heavy (non-hydrogen) atoms. The highest BCUT2D eigenvalue weighted by Crippen LogP contribution is 2.19. The van der Waals surface area contributed by atoms with Crippen molar-refractivity contribution in [3.05, 3.63) is 40.7 Å². The minimum Gasteiger partial charge on any atom is -0.377 e. The van der Waals surface area contributed by atoms with E-state index in [4.69, 9.17) is 4.74 Å². The summed E-state index contributed by atoms with van der Waals surface area (Å²) in [6.07, 6.45) is 1.26. The van der Waals surface area contributed by atoms with E-state index >= 15 is 0 Å². The summed E-state index contributed by atoms with van der Waals surface area (Å²) < 4.78 is 7.03. The largest absolute Gasteiger partial charge is 0.377 e. The van der Waals surface area contributed by atoms with Crippen molar-refractivity contribution in [2.24, 2.45) is 0 Å². The summed E-state index contributed by atoms with van der Waals surface area (Å²) >= 11 is 0. The molecule has 6 nitrogen and oxygen atoms in total. The van der Waals surface area contributed by atoms with Gasteiger partial charge < -0.3 is 9.64 Å². The predicted molar refractivity (Wildman–Crippen MR) is 82.6 cm³/mol. The molecule has 1 aliphatic rings. The van der Waals surface area contributed by atoms with Crippen LogP contribution >= 0.6 is 0 Å². The molecule has 6 heteroatoms. The van der Waals surface area contributed by atoms with Crippen molar-refractivity contribution < 1.29 is 9.53 Å². The van der Waals surface area contributed by atoms with Gasteiger partial charge in [0.05, 0.1) is 30.5 Å². The summed E-state index contributed by atoms with van der Waals surface area (Å²) in [4.78, 5) is 26.3. The number of hydrogen-bond acceptors (Lipinski definition) is 4. The summed E-state index contributed by atoms with van der Waals surface area (Å²) in [7, 11) is 0. The number of carbonyl (C=O) groups excluding carboxylic acids is 1. The van der Waals surface area contributed by atoms with E-state index in [0.717, 1.165) is 0 Å². The number of nitrogens with zero attached hydrogens (tertiary/aromatic N) is 3. The van der Waals surface area contributed by atoms with Gasteiger partial charge in [-0.05, 0) is 26.0 Å². The van der Waals surface area contributed by atoms with E-state index in [1.54, 1.807) is 16.8 Å². The van der Waals surface area contributed by atoms with Gasteiger partial charge in [0.15, 0.2) is 0 Å². The van der Waals surface area contributed by atoms with Crippen LogP contribution in [-0.2, 0) is 16.1 Å². The number of aromatic nitrogens is 2. The molecule has 0 atom stereocenters. The molecular formula is C16H19N3O3. The van der Waals surface area contributed by atoms with Gasteiger partial charge in [-0.3, -0.25) is 14.3 Å².